The topological polar surface area (TPSA) is 55.1 Å². The van der Waals surface area contributed by atoms with Gasteiger partial charge in [-0.25, -0.2) is 0 Å². The van der Waals surface area contributed by atoms with Gasteiger partial charge in [0.05, 0.1) is 0 Å². The second-order valence-electron chi connectivity index (χ2n) is 3.81. The van der Waals surface area contributed by atoms with Crippen LogP contribution in [0.3, 0.4) is 0 Å². The van der Waals surface area contributed by atoms with Crippen molar-refractivity contribution in [3.8, 4) is 0 Å². The highest BCUT2D eigenvalue weighted by molar-refractivity contribution is 6.30. The van der Waals surface area contributed by atoms with E-state index < -0.39 is 0 Å². The monoisotopic (exact) mass is 276 g/mol. The summed E-state index contributed by atoms with van der Waals surface area (Å²) in [6, 6.07) is 7.63. The van der Waals surface area contributed by atoms with Crippen molar-refractivity contribution >= 4 is 29.9 Å². The van der Waals surface area contributed by atoms with E-state index in [1.807, 2.05) is 31.2 Å². The Morgan fingerprint density at radius 3 is 2.82 bits per heavy atom. The molecule has 0 heterocycles. The van der Waals surface area contributed by atoms with Gasteiger partial charge in [-0.3, -0.25) is 4.79 Å². The molecule has 3 nitrogen and oxygen atoms in total. The molecule has 1 amide bonds. The summed E-state index contributed by atoms with van der Waals surface area (Å²) in [5.74, 6) is -0.121. The number of carbonyl (C=O) groups is 1. The Labute approximate surface area is 113 Å². The molecule has 0 aliphatic carbocycles. The first-order valence-electron chi connectivity index (χ1n) is 5.35. The predicted octanol–water partition coefficient (Wildman–Crippen LogP) is 2.02. The van der Waals surface area contributed by atoms with Crippen molar-refractivity contribution in [2.45, 2.75) is 13.3 Å². The molecular formula is C12H18Cl2N2O. The molecule has 96 valence electrons. The van der Waals surface area contributed by atoms with Crippen LogP contribution in [0.4, 0.5) is 0 Å². The highest BCUT2D eigenvalue weighted by Gasteiger charge is 2.09. The molecule has 1 rings (SSSR count). The number of carbonyl (C=O) groups excluding carboxylic acids is 1. The van der Waals surface area contributed by atoms with Crippen LogP contribution >= 0.6 is 24.0 Å². The van der Waals surface area contributed by atoms with Gasteiger partial charge in [-0.05, 0) is 24.1 Å². The summed E-state index contributed by atoms with van der Waals surface area (Å²) in [5, 5.41) is 3.56. The quantitative estimate of drug-likeness (QED) is 0.865. The number of nitrogens with one attached hydrogen (secondary N) is 1. The summed E-state index contributed by atoms with van der Waals surface area (Å²) in [4.78, 5) is 11.4. The first kappa shape index (κ1) is 16.2. The largest absolute Gasteiger partial charge is 0.355 e. The molecular weight excluding hydrogens is 259 g/mol. The summed E-state index contributed by atoms with van der Waals surface area (Å²) in [6.07, 6.45) is 0.781. The summed E-state index contributed by atoms with van der Waals surface area (Å²) in [6.45, 7) is 2.81. The van der Waals surface area contributed by atoms with E-state index in [2.05, 4.69) is 5.32 Å². The SMILES string of the molecule is CC(CN)C(=O)NCCc1cccc(Cl)c1.Cl. The Balaban J connectivity index is 0.00000256. The molecule has 0 fully saturated rings. The van der Waals surface area contributed by atoms with Crippen LogP contribution < -0.4 is 11.1 Å². The first-order valence-corrected chi connectivity index (χ1v) is 5.73. The van der Waals surface area contributed by atoms with Crippen molar-refractivity contribution < 1.29 is 4.79 Å². The van der Waals surface area contributed by atoms with Crippen LogP contribution in [0.1, 0.15) is 12.5 Å². The number of hydrogen-bond donors (Lipinski definition) is 2. The van der Waals surface area contributed by atoms with E-state index >= 15 is 0 Å². The van der Waals surface area contributed by atoms with Gasteiger partial charge < -0.3 is 11.1 Å². The van der Waals surface area contributed by atoms with E-state index in [4.69, 9.17) is 17.3 Å². The molecule has 0 radical (unpaired) electrons. The molecule has 1 unspecified atom stereocenters. The fourth-order valence-electron chi connectivity index (χ4n) is 1.30. The zero-order valence-electron chi connectivity index (χ0n) is 9.78. The number of nitrogens with two attached hydrogens (primary N) is 1. The smallest absolute Gasteiger partial charge is 0.224 e. The Morgan fingerprint density at radius 2 is 2.24 bits per heavy atom. The van der Waals surface area contributed by atoms with Crippen LogP contribution in [0.25, 0.3) is 0 Å². The van der Waals surface area contributed by atoms with Crippen molar-refractivity contribution in [2.75, 3.05) is 13.1 Å². The van der Waals surface area contributed by atoms with Gasteiger partial charge in [-0.15, -0.1) is 12.4 Å². The number of halogens is 2. The van der Waals surface area contributed by atoms with Crippen molar-refractivity contribution in [3.63, 3.8) is 0 Å². The zero-order valence-corrected chi connectivity index (χ0v) is 11.4. The second-order valence-corrected chi connectivity index (χ2v) is 4.24. The maximum Gasteiger partial charge on any atom is 0.224 e. The molecule has 0 saturated heterocycles. The van der Waals surface area contributed by atoms with Crippen molar-refractivity contribution in [2.24, 2.45) is 11.7 Å². The van der Waals surface area contributed by atoms with Crippen molar-refractivity contribution in [1.82, 2.24) is 5.32 Å². The molecule has 0 spiro atoms. The molecule has 5 heteroatoms. The van der Waals surface area contributed by atoms with Crippen LogP contribution in [-0.4, -0.2) is 19.0 Å². The minimum atomic E-state index is -0.126. The lowest BCUT2D eigenvalue weighted by Crippen LogP contribution is -2.34. The minimum absolute atomic E-state index is 0. The zero-order chi connectivity index (χ0) is 12.0. The van der Waals surface area contributed by atoms with Gasteiger partial charge >= 0.3 is 0 Å². The summed E-state index contributed by atoms with van der Waals surface area (Å²) < 4.78 is 0. The lowest BCUT2D eigenvalue weighted by molar-refractivity contribution is -0.124. The Morgan fingerprint density at radius 1 is 1.53 bits per heavy atom. The number of rotatable bonds is 5. The molecule has 0 saturated carbocycles. The Bertz CT molecular complexity index is 358. The van der Waals surface area contributed by atoms with Gasteiger partial charge in [-0.1, -0.05) is 30.7 Å². The third-order valence-corrected chi connectivity index (χ3v) is 2.64. The lowest BCUT2D eigenvalue weighted by Gasteiger charge is -2.09. The van der Waals surface area contributed by atoms with E-state index in [0.29, 0.717) is 13.1 Å². The van der Waals surface area contributed by atoms with E-state index in [1.165, 1.54) is 0 Å². The number of amides is 1. The van der Waals surface area contributed by atoms with Gasteiger partial charge in [0.25, 0.3) is 0 Å². The van der Waals surface area contributed by atoms with Gasteiger partial charge in [0, 0.05) is 24.0 Å². The normalized spacial score (nSPS) is 11.5. The average molecular weight is 277 g/mol. The van der Waals surface area contributed by atoms with Crippen LogP contribution in [0.2, 0.25) is 5.02 Å². The summed E-state index contributed by atoms with van der Waals surface area (Å²) in [7, 11) is 0. The fourth-order valence-corrected chi connectivity index (χ4v) is 1.52. The van der Waals surface area contributed by atoms with Gasteiger partial charge in [0.15, 0.2) is 0 Å². The Hall–Kier alpha value is -0.770. The third-order valence-electron chi connectivity index (χ3n) is 2.40. The molecule has 1 aromatic rings. The fraction of sp³-hybridized carbons (Fsp3) is 0.417. The number of benzene rings is 1. The van der Waals surface area contributed by atoms with Crippen LogP contribution in [0.15, 0.2) is 24.3 Å². The van der Waals surface area contributed by atoms with Crippen LogP contribution in [0.5, 0.6) is 0 Å². The highest BCUT2D eigenvalue weighted by atomic mass is 35.5. The van der Waals surface area contributed by atoms with E-state index in [1.54, 1.807) is 0 Å². The molecule has 0 bridgehead atoms. The number of hydrogen-bond acceptors (Lipinski definition) is 2. The maximum absolute atomic E-state index is 11.4. The van der Waals surface area contributed by atoms with Gasteiger partial charge in [0.2, 0.25) is 5.91 Å². The molecule has 0 aliphatic heterocycles. The predicted molar refractivity (Wildman–Crippen MR) is 73.6 cm³/mol. The van der Waals surface area contributed by atoms with Gasteiger partial charge in [0.1, 0.15) is 0 Å². The van der Waals surface area contributed by atoms with E-state index in [9.17, 15) is 4.79 Å². The Kier molecular flexibility index (Phi) is 7.96. The first-order chi connectivity index (χ1) is 7.63. The molecule has 0 aromatic heterocycles. The summed E-state index contributed by atoms with van der Waals surface area (Å²) >= 11 is 5.86. The van der Waals surface area contributed by atoms with Crippen LogP contribution in [-0.2, 0) is 11.2 Å². The molecule has 0 aliphatic rings. The van der Waals surface area contributed by atoms with E-state index in [0.717, 1.165) is 17.0 Å². The molecule has 1 atom stereocenters. The maximum atomic E-state index is 11.4. The van der Waals surface area contributed by atoms with Crippen molar-refractivity contribution in [3.05, 3.63) is 34.9 Å². The van der Waals surface area contributed by atoms with E-state index in [-0.39, 0.29) is 24.2 Å². The van der Waals surface area contributed by atoms with Gasteiger partial charge in [-0.2, -0.15) is 0 Å². The molecule has 1 aromatic carbocycles. The minimum Gasteiger partial charge on any atom is -0.355 e. The lowest BCUT2D eigenvalue weighted by atomic mass is 10.1. The summed E-state index contributed by atoms with van der Waals surface area (Å²) in [5.41, 5.74) is 6.52. The van der Waals surface area contributed by atoms with Crippen molar-refractivity contribution in [1.29, 1.82) is 0 Å². The van der Waals surface area contributed by atoms with Crippen LogP contribution in [0, 0.1) is 5.92 Å². The standard InChI is InChI=1S/C12H17ClN2O.ClH/c1-9(8-14)12(16)15-6-5-10-3-2-4-11(13)7-10;/h2-4,7,9H,5-6,8,14H2,1H3,(H,15,16);1H. The molecule has 3 N–H and O–H groups in total. The second kappa shape index (κ2) is 8.34. The third kappa shape index (κ3) is 5.91. The molecule has 17 heavy (non-hydrogen) atoms. The average Bonchev–Trinajstić information content (AvgIpc) is 2.28. The highest BCUT2D eigenvalue weighted by Crippen LogP contribution is 2.10.